The van der Waals surface area contributed by atoms with Gasteiger partial charge in [-0.1, -0.05) is 23.2 Å². The van der Waals surface area contributed by atoms with Gasteiger partial charge in [-0.25, -0.2) is 8.78 Å². The molecular formula is C12H6Cl2F2O. The smallest absolute Gasteiger partial charge is 0.146 e. The molecule has 1 nitrogen and oxygen atoms in total. The van der Waals surface area contributed by atoms with Gasteiger partial charge in [-0.3, -0.25) is 0 Å². The zero-order valence-corrected chi connectivity index (χ0v) is 9.90. The molecule has 0 unspecified atom stereocenters. The standard InChI is InChI=1S/C12H6Cl2F2O/c13-9-5-7(15)1-3-11(9)17-12-4-2-8(16)6-10(12)14/h1-6H. The summed E-state index contributed by atoms with van der Waals surface area (Å²) in [4.78, 5) is 0. The lowest BCUT2D eigenvalue weighted by Crippen LogP contribution is -1.88. The fraction of sp³-hybridized carbons (Fsp3) is 0. The van der Waals surface area contributed by atoms with Gasteiger partial charge in [-0.2, -0.15) is 0 Å². The van der Waals surface area contributed by atoms with Crippen LogP contribution in [0.2, 0.25) is 10.0 Å². The van der Waals surface area contributed by atoms with Crippen LogP contribution in [-0.4, -0.2) is 0 Å². The second kappa shape index (κ2) is 4.90. The second-order valence-electron chi connectivity index (χ2n) is 3.25. The summed E-state index contributed by atoms with van der Waals surface area (Å²) in [6, 6.07) is 7.40. The molecule has 0 aliphatic rings. The molecule has 0 aliphatic carbocycles. The highest BCUT2D eigenvalue weighted by Crippen LogP contribution is 2.33. The summed E-state index contributed by atoms with van der Waals surface area (Å²) in [5, 5.41) is 0.232. The van der Waals surface area contributed by atoms with Crippen molar-refractivity contribution in [3.8, 4) is 11.5 Å². The van der Waals surface area contributed by atoms with Crippen LogP contribution in [0.5, 0.6) is 11.5 Å². The predicted octanol–water partition coefficient (Wildman–Crippen LogP) is 5.06. The zero-order valence-electron chi connectivity index (χ0n) is 8.38. The third-order valence-electron chi connectivity index (χ3n) is 2.01. The lowest BCUT2D eigenvalue weighted by molar-refractivity contribution is 0.479. The topological polar surface area (TPSA) is 9.23 Å². The summed E-state index contributed by atoms with van der Waals surface area (Å²) in [6.45, 7) is 0. The SMILES string of the molecule is Fc1ccc(Oc2ccc(F)cc2Cl)c(Cl)c1. The van der Waals surface area contributed by atoms with E-state index >= 15 is 0 Å². The Hall–Kier alpha value is -1.32. The van der Waals surface area contributed by atoms with Gasteiger partial charge in [0.2, 0.25) is 0 Å². The molecule has 0 spiro atoms. The maximum absolute atomic E-state index is 12.8. The van der Waals surface area contributed by atoms with Crippen molar-refractivity contribution in [3.63, 3.8) is 0 Å². The average Bonchev–Trinajstić information content (AvgIpc) is 2.25. The van der Waals surface area contributed by atoms with Gasteiger partial charge in [-0.05, 0) is 36.4 Å². The molecule has 17 heavy (non-hydrogen) atoms. The summed E-state index contributed by atoms with van der Waals surface area (Å²) in [5.41, 5.74) is 0. The molecule has 0 heterocycles. The Labute approximate surface area is 107 Å². The van der Waals surface area contributed by atoms with Gasteiger partial charge in [0.05, 0.1) is 10.0 Å². The molecule has 0 saturated carbocycles. The highest BCUT2D eigenvalue weighted by Gasteiger charge is 2.08. The minimum absolute atomic E-state index is 0.116. The molecule has 2 aromatic carbocycles. The van der Waals surface area contributed by atoms with E-state index in [0.717, 1.165) is 12.1 Å². The number of ether oxygens (including phenoxy) is 1. The number of rotatable bonds is 2. The molecule has 0 saturated heterocycles. The van der Waals surface area contributed by atoms with Crippen molar-refractivity contribution in [3.05, 3.63) is 58.1 Å². The summed E-state index contributed by atoms with van der Waals surface area (Å²) in [6.07, 6.45) is 0. The van der Waals surface area contributed by atoms with Gasteiger partial charge in [0.1, 0.15) is 23.1 Å². The van der Waals surface area contributed by atoms with Crippen molar-refractivity contribution < 1.29 is 13.5 Å². The molecule has 0 aliphatic heterocycles. The van der Waals surface area contributed by atoms with Crippen LogP contribution in [0.1, 0.15) is 0 Å². The van der Waals surface area contributed by atoms with Gasteiger partial charge < -0.3 is 4.74 Å². The Morgan fingerprint density at radius 3 is 1.53 bits per heavy atom. The van der Waals surface area contributed by atoms with Crippen LogP contribution in [0.15, 0.2) is 36.4 Å². The van der Waals surface area contributed by atoms with Gasteiger partial charge >= 0.3 is 0 Å². The van der Waals surface area contributed by atoms with E-state index < -0.39 is 11.6 Å². The number of hydrogen-bond acceptors (Lipinski definition) is 1. The first-order chi connectivity index (χ1) is 8.06. The van der Waals surface area contributed by atoms with E-state index in [1.807, 2.05) is 0 Å². The lowest BCUT2D eigenvalue weighted by Gasteiger charge is -2.08. The van der Waals surface area contributed by atoms with Crippen LogP contribution in [0.25, 0.3) is 0 Å². The third-order valence-corrected chi connectivity index (χ3v) is 2.60. The van der Waals surface area contributed by atoms with Gasteiger partial charge in [0.15, 0.2) is 0 Å². The first-order valence-electron chi connectivity index (χ1n) is 4.64. The van der Waals surface area contributed by atoms with Gasteiger partial charge in [0.25, 0.3) is 0 Å². The monoisotopic (exact) mass is 274 g/mol. The number of halogens is 4. The van der Waals surface area contributed by atoms with E-state index in [4.69, 9.17) is 27.9 Å². The molecule has 2 rings (SSSR count). The average molecular weight is 275 g/mol. The zero-order chi connectivity index (χ0) is 12.4. The van der Waals surface area contributed by atoms with Crippen LogP contribution in [0, 0.1) is 11.6 Å². The Morgan fingerprint density at radius 1 is 0.765 bits per heavy atom. The van der Waals surface area contributed by atoms with Crippen LogP contribution < -0.4 is 4.74 Å². The Bertz CT molecular complexity index is 509. The van der Waals surface area contributed by atoms with E-state index in [9.17, 15) is 8.78 Å². The van der Waals surface area contributed by atoms with Crippen molar-refractivity contribution in [1.29, 1.82) is 0 Å². The van der Waals surface area contributed by atoms with Crippen LogP contribution in [0.4, 0.5) is 8.78 Å². The van der Waals surface area contributed by atoms with E-state index in [2.05, 4.69) is 0 Å². The summed E-state index contributed by atoms with van der Waals surface area (Å²) < 4.78 is 31.0. The largest absolute Gasteiger partial charge is 0.454 e. The van der Waals surface area contributed by atoms with Crippen molar-refractivity contribution in [1.82, 2.24) is 0 Å². The van der Waals surface area contributed by atoms with E-state index in [-0.39, 0.29) is 21.5 Å². The maximum Gasteiger partial charge on any atom is 0.146 e. The number of benzene rings is 2. The van der Waals surface area contributed by atoms with Crippen molar-refractivity contribution in [2.24, 2.45) is 0 Å². The molecular weight excluding hydrogens is 269 g/mol. The fourth-order valence-electron chi connectivity index (χ4n) is 1.23. The van der Waals surface area contributed by atoms with Gasteiger partial charge in [-0.15, -0.1) is 0 Å². The van der Waals surface area contributed by atoms with Crippen LogP contribution in [0.3, 0.4) is 0 Å². The second-order valence-corrected chi connectivity index (χ2v) is 4.07. The Kier molecular flexibility index (Phi) is 3.50. The van der Waals surface area contributed by atoms with Crippen molar-refractivity contribution in [2.75, 3.05) is 0 Å². The quantitative estimate of drug-likeness (QED) is 0.744. The molecule has 0 amide bonds. The highest BCUT2D eigenvalue weighted by molar-refractivity contribution is 6.32. The Balaban J connectivity index is 2.31. The molecule has 0 N–H and O–H groups in total. The van der Waals surface area contributed by atoms with E-state index in [1.165, 1.54) is 24.3 Å². The van der Waals surface area contributed by atoms with Crippen LogP contribution in [-0.2, 0) is 0 Å². The molecule has 0 radical (unpaired) electrons. The van der Waals surface area contributed by atoms with Crippen molar-refractivity contribution >= 4 is 23.2 Å². The molecule has 0 atom stereocenters. The molecule has 0 fully saturated rings. The molecule has 2 aromatic rings. The fourth-order valence-corrected chi connectivity index (χ4v) is 1.65. The minimum atomic E-state index is -0.465. The van der Waals surface area contributed by atoms with Gasteiger partial charge in [0, 0.05) is 0 Å². The molecule has 0 bridgehead atoms. The summed E-state index contributed by atoms with van der Waals surface area (Å²) in [5.74, 6) is -0.428. The number of hydrogen-bond donors (Lipinski definition) is 0. The first kappa shape index (κ1) is 12.1. The maximum atomic E-state index is 12.8. The minimum Gasteiger partial charge on any atom is -0.454 e. The predicted molar refractivity (Wildman–Crippen MR) is 62.9 cm³/mol. The van der Waals surface area contributed by atoms with E-state index in [0.29, 0.717) is 0 Å². The first-order valence-corrected chi connectivity index (χ1v) is 5.40. The molecule has 0 aromatic heterocycles. The van der Waals surface area contributed by atoms with Crippen molar-refractivity contribution in [2.45, 2.75) is 0 Å². The van der Waals surface area contributed by atoms with E-state index in [1.54, 1.807) is 0 Å². The molecule has 88 valence electrons. The summed E-state index contributed by atoms with van der Waals surface area (Å²) in [7, 11) is 0. The summed E-state index contributed by atoms with van der Waals surface area (Å²) >= 11 is 11.6. The lowest BCUT2D eigenvalue weighted by atomic mass is 10.3. The highest BCUT2D eigenvalue weighted by atomic mass is 35.5. The Morgan fingerprint density at radius 2 is 1.18 bits per heavy atom. The normalized spacial score (nSPS) is 10.4. The van der Waals surface area contributed by atoms with Crippen LogP contribution >= 0.6 is 23.2 Å². The third kappa shape index (κ3) is 2.87. The molecule has 5 heteroatoms.